The number of benzene rings is 1. The second-order valence-corrected chi connectivity index (χ2v) is 7.72. The Morgan fingerprint density at radius 3 is 1.86 bits per heavy atom. The summed E-state index contributed by atoms with van der Waals surface area (Å²) >= 11 is 0. The van der Waals surface area contributed by atoms with Crippen LogP contribution in [0.25, 0.3) is 0 Å². The normalized spacial score (nSPS) is 12.7. The van der Waals surface area contributed by atoms with Gasteiger partial charge >= 0.3 is 20.6 Å². The first-order valence-electron chi connectivity index (χ1n) is 5.50. The fourth-order valence-electron chi connectivity index (χ4n) is 1.00. The van der Waals surface area contributed by atoms with E-state index in [1.54, 1.807) is 0 Å². The van der Waals surface area contributed by atoms with Gasteiger partial charge in [0.15, 0.2) is 11.6 Å². The zero-order valence-electron chi connectivity index (χ0n) is 11.8. The van der Waals surface area contributed by atoms with E-state index in [0.29, 0.717) is 4.31 Å². The average Bonchev–Trinajstić information content (AvgIpc) is 2.32. The van der Waals surface area contributed by atoms with Crippen molar-refractivity contribution < 1.29 is 29.6 Å². The van der Waals surface area contributed by atoms with Crippen LogP contribution in [0.2, 0.25) is 0 Å². The molecule has 1 aromatic rings. The van der Waals surface area contributed by atoms with Gasteiger partial charge in [-0.2, -0.15) is 25.4 Å². The van der Waals surface area contributed by atoms with Crippen LogP contribution in [0.15, 0.2) is 18.2 Å². The number of hydrogen-bond acceptors (Lipinski definition) is 6. The van der Waals surface area contributed by atoms with E-state index in [-0.39, 0.29) is 0 Å². The van der Waals surface area contributed by atoms with Crippen LogP contribution in [-0.4, -0.2) is 53.6 Å². The molecule has 21 heavy (non-hydrogen) atoms. The number of nitrogens with zero attached hydrogens (tertiary/aromatic N) is 2. The lowest BCUT2D eigenvalue weighted by atomic mass is 10.3. The molecule has 120 valence electrons. The van der Waals surface area contributed by atoms with Gasteiger partial charge in [0.1, 0.15) is 0 Å². The topological polar surface area (TPSA) is 93.2 Å². The van der Waals surface area contributed by atoms with E-state index in [1.807, 2.05) is 0 Å². The lowest BCUT2D eigenvalue weighted by Crippen LogP contribution is -2.29. The van der Waals surface area contributed by atoms with Crippen molar-refractivity contribution in [3.8, 4) is 11.5 Å². The van der Waals surface area contributed by atoms with Gasteiger partial charge in [0.25, 0.3) is 0 Å². The van der Waals surface area contributed by atoms with Gasteiger partial charge < -0.3 is 8.37 Å². The maximum absolute atomic E-state index is 13.7. The van der Waals surface area contributed by atoms with Crippen LogP contribution in [0.3, 0.4) is 0 Å². The third kappa shape index (κ3) is 4.27. The number of rotatable bonds is 6. The van der Waals surface area contributed by atoms with E-state index >= 15 is 0 Å². The Morgan fingerprint density at radius 1 is 0.905 bits per heavy atom. The van der Waals surface area contributed by atoms with Crippen LogP contribution >= 0.6 is 0 Å². The quantitative estimate of drug-likeness (QED) is 0.733. The molecule has 0 unspecified atom stereocenters. The summed E-state index contributed by atoms with van der Waals surface area (Å²) in [4.78, 5) is 0. The molecule has 0 bridgehead atoms. The first-order valence-corrected chi connectivity index (χ1v) is 8.23. The first-order chi connectivity index (χ1) is 9.47. The smallest absolute Gasteiger partial charge is 0.367 e. The van der Waals surface area contributed by atoms with E-state index in [1.165, 1.54) is 28.2 Å². The molecule has 0 spiro atoms. The maximum Gasteiger partial charge on any atom is 0.384 e. The summed E-state index contributed by atoms with van der Waals surface area (Å²) in [7, 11) is -3.71. The average molecular weight is 342 g/mol. The summed E-state index contributed by atoms with van der Waals surface area (Å²) in [5.74, 6) is -2.49. The second kappa shape index (κ2) is 6.13. The van der Waals surface area contributed by atoms with Gasteiger partial charge in [-0.15, -0.1) is 0 Å². The van der Waals surface area contributed by atoms with Crippen molar-refractivity contribution in [1.29, 1.82) is 0 Å². The second-order valence-electron chi connectivity index (χ2n) is 4.21. The minimum atomic E-state index is -4.27. The Hall–Kier alpha value is -1.43. The molecule has 0 saturated carbocycles. The van der Waals surface area contributed by atoms with Crippen LogP contribution in [-0.2, 0) is 20.6 Å². The van der Waals surface area contributed by atoms with Crippen molar-refractivity contribution in [1.82, 2.24) is 8.61 Å². The lowest BCUT2D eigenvalue weighted by molar-refractivity contribution is 0.382. The van der Waals surface area contributed by atoms with Crippen molar-refractivity contribution in [2.75, 3.05) is 28.2 Å². The van der Waals surface area contributed by atoms with Crippen LogP contribution in [0.1, 0.15) is 0 Å². The molecule has 11 heteroatoms. The Bertz CT molecular complexity index is 715. The highest BCUT2D eigenvalue weighted by molar-refractivity contribution is 7.85. The monoisotopic (exact) mass is 342 g/mol. The minimum Gasteiger partial charge on any atom is -0.367 e. The Kier molecular flexibility index (Phi) is 5.15. The molecule has 0 heterocycles. The minimum absolute atomic E-state index is 0.575. The van der Waals surface area contributed by atoms with Gasteiger partial charge in [-0.05, 0) is 12.1 Å². The molecule has 0 radical (unpaired) electrons. The number of hydrogen-bond donors (Lipinski definition) is 0. The third-order valence-electron chi connectivity index (χ3n) is 2.21. The highest BCUT2D eigenvalue weighted by Gasteiger charge is 2.25. The molecule has 1 aromatic carbocycles. The summed E-state index contributed by atoms with van der Waals surface area (Å²) in [6.45, 7) is 0. The van der Waals surface area contributed by atoms with Crippen molar-refractivity contribution in [2.45, 2.75) is 0 Å². The van der Waals surface area contributed by atoms with Gasteiger partial charge in [-0.3, -0.25) is 0 Å². The SMILES string of the molecule is CN(C)S(=O)(=O)Oc1cccc(F)c1OS(=O)(=O)N(C)C. The summed E-state index contributed by atoms with van der Waals surface area (Å²) in [6, 6.07) is 3.14. The zero-order valence-corrected chi connectivity index (χ0v) is 13.4. The summed E-state index contributed by atoms with van der Waals surface area (Å²) in [5, 5.41) is 0. The molecular weight excluding hydrogens is 327 g/mol. The van der Waals surface area contributed by atoms with Crippen LogP contribution in [0.5, 0.6) is 11.5 Å². The standard InChI is InChI=1S/C10H15FN2O6S2/c1-12(2)20(14,15)18-9-7-5-6-8(11)10(9)19-21(16,17)13(3)4/h5-7H,1-4H3. The molecule has 1 rings (SSSR count). The van der Waals surface area contributed by atoms with Crippen molar-refractivity contribution >= 4 is 20.6 Å². The Balaban J connectivity index is 3.28. The number of para-hydroxylation sites is 1. The largest absolute Gasteiger partial charge is 0.384 e. The predicted octanol–water partition coefficient (Wildman–Crippen LogP) is 0.196. The van der Waals surface area contributed by atoms with Crippen molar-refractivity contribution in [3.63, 3.8) is 0 Å². The van der Waals surface area contributed by atoms with E-state index < -0.39 is 37.9 Å². The Labute approximate surface area is 123 Å². The molecule has 0 aliphatic carbocycles. The molecule has 0 amide bonds. The van der Waals surface area contributed by atoms with Crippen molar-refractivity contribution in [2.24, 2.45) is 0 Å². The highest BCUT2D eigenvalue weighted by atomic mass is 32.2. The van der Waals surface area contributed by atoms with Gasteiger partial charge in [0.05, 0.1) is 0 Å². The maximum atomic E-state index is 13.7. The van der Waals surface area contributed by atoms with Gasteiger partial charge in [0, 0.05) is 28.2 Å². The fourth-order valence-corrected chi connectivity index (χ4v) is 2.03. The molecule has 8 nitrogen and oxygen atoms in total. The van der Waals surface area contributed by atoms with Gasteiger partial charge in [0.2, 0.25) is 5.75 Å². The van der Waals surface area contributed by atoms with E-state index in [9.17, 15) is 21.2 Å². The molecule has 0 saturated heterocycles. The fraction of sp³-hybridized carbons (Fsp3) is 0.400. The third-order valence-corrected chi connectivity index (χ3v) is 4.77. The van der Waals surface area contributed by atoms with Gasteiger partial charge in [-0.25, -0.2) is 4.39 Å². The number of halogens is 1. The van der Waals surface area contributed by atoms with E-state index in [0.717, 1.165) is 22.5 Å². The zero-order chi connectivity index (χ0) is 16.4. The Morgan fingerprint density at radius 2 is 1.38 bits per heavy atom. The highest BCUT2D eigenvalue weighted by Crippen LogP contribution is 2.32. The lowest BCUT2D eigenvalue weighted by Gasteiger charge is -2.17. The predicted molar refractivity (Wildman–Crippen MR) is 72.9 cm³/mol. The summed E-state index contributed by atoms with van der Waals surface area (Å²) in [5.41, 5.74) is 0. The van der Waals surface area contributed by atoms with Crippen molar-refractivity contribution in [3.05, 3.63) is 24.0 Å². The van der Waals surface area contributed by atoms with E-state index in [4.69, 9.17) is 0 Å². The first kappa shape index (κ1) is 17.6. The van der Waals surface area contributed by atoms with E-state index in [2.05, 4.69) is 8.37 Å². The molecular formula is C10H15FN2O6S2. The molecule has 0 aliphatic rings. The molecule has 0 fully saturated rings. The van der Waals surface area contributed by atoms with Crippen LogP contribution in [0.4, 0.5) is 4.39 Å². The molecule has 0 aliphatic heterocycles. The summed E-state index contributed by atoms with van der Waals surface area (Å²) in [6.07, 6.45) is 0. The molecule has 0 N–H and O–H groups in total. The van der Waals surface area contributed by atoms with Crippen LogP contribution in [0, 0.1) is 5.82 Å². The summed E-state index contributed by atoms with van der Waals surface area (Å²) < 4.78 is 70.9. The van der Waals surface area contributed by atoms with Crippen LogP contribution < -0.4 is 8.37 Å². The molecule has 0 atom stereocenters. The molecule has 0 aromatic heterocycles. The van der Waals surface area contributed by atoms with Gasteiger partial charge in [-0.1, -0.05) is 6.07 Å².